The molecule has 0 saturated heterocycles. The van der Waals surface area contributed by atoms with Gasteiger partial charge in [-0.25, -0.2) is 4.98 Å². The van der Waals surface area contributed by atoms with Crippen LogP contribution in [0.2, 0.25) is 0 Å². The monoisotopic (exact) mass is 264 g/mol. The fourth-order valence-corrected chi connectivity index (χ4v) is 3.24. The van der Waals surface area contributed by atoms with E-state index in [1.165, 1.54) is 38.6 Å². The predicted octanol–water partition coefficient (Wildman–Crippen LogP) is 2.02. The van der Waals surface area contributed by atoms with Gasteiger partial charge in [0.05, 0.1) is 6.54 Å². The van der Waals surface area contributed by atoms with Crippen LogP contribution in [-0.4, -0.2) is 41.1 Å². The van der Waals surface area contributed by atoms with Crippen LogP contribution in [0.1, 0.15) is 37.9 Å². The van der Waals surface area contributed by atoms with Gasteiger partial charge in [-0.05, 0) is 32.9 Å². The molecule has 0 aliphatic heterocycles. The Hall–Kier alpha value is -0.870. The van der Waals surface area contributed by atoms with Gasteiger partial charge in [-0.3, -0.25) is 4.90 Å². The lowest BCUT2D eigenvalue weighted by Crippen LogP contribution is -2.39. The van der Waals surface area contributed by atoms with E-state index in [-0.39, 0.29) is 0 Å². The normalized spacial score (nSPS) is 24.6. The fraction of sp³-hybridized carbons (Fsp3) is 0.800. The molecule has 108 valence electrons. The molecule has 4 nitrogen and oxygen atoms in total. The van der Waals surface area contributed by atoms with E-state index >= 15 is 0 Å². The van der Waals surface area contributed by atoms with Crippen molar-refractivity contribution >= 4 is 0 Å². The second-order valence-corrected chi connectivity index (χ2v) is 5.94. The van der Waals surface area contributed by atoms with Crippen molar-refractivity contribution in [2.24, 2.45) is 13.0 Å². The Kier molecular flexibility index (Phi) is 5.40. The zero-order valence-electron chi connectivity index (χ0n) is 12.6. The number of aryl methyl sites for hydroxylation is 1. The van der Waals surface area contributed by atoms with Gasteiger partial charge in [0, 0.05) is 32.0 Å². The summed E-state index contributed by atoms with van der Waals surface area (Å²) in [5.41, 5.74) is 0. The minimum absolute atomic E-state index is 0.686. The Morgan fingerprint density at radius 3 is 2.84 bits per heavy atom. The molecule has 0 amide bonds. The molecule has 1 N–H and O–H groups in total. The zero-order chi connectivity index (χ0) is 13.7. The maximum absolute atomic E-state index is 4.41. The minimum Gasteiger partial charge on any atom is -0.337 e. The summed E-state index contributed by atoms with van der Waals surface area (Å²) in [6.45, 7) is 2.11. The Balaban J connectivity index is 1.89. The Bertz CT molecular complexity index is 374. The first-order valence-electron chi connectivity index (χ1n) is 7.52. The molecule has 1 aliphatic carbocycles. The van der Waals surface area contributed by atoms with Crippen molar-refractivity contribution in [1.29, 1.82) is 0 Å². The van der Waals surface area contributed by atoms with E-state index in [9.17, 15) is 0 Å². The van der Waals surface area contributed by atoms with Crippen molar-refractivity contribution in [2.75, 3.05) is 20.6 Å². The summed E-state index contributed by atoms with van der Waals surface area (Å²) in [4.78, 5) is 6.83. The van der Waals surface area contributed by atoms with E-state index in [2.05, 4.69) is 40.9 Å². The maximum Gasteiger partial charge on any atom is 0.122 e. The van der Waals surface area contributed by atoms with Gasteiger partial charge < -0.3 is 9.88 Å². The van der Waals surface area contributed by atoms with Crippen molar-refractivity contribution in [3.8, 4) is 0 Å². The minimum atomic E-state index is 0.686. The third kappa shape index (κ3) is 4.05. The molecule has 0 bridgehead atoms. The first-order valence-corrected chi connectivity index (χ1v) is 7.52. The number of nitrogens with one attached hydrogen (secondary N) is 1. The molecule has 1 heterocycles. The van der Waals surface area contributed by atoms with Crippen LogP contribution < -0.4 is 5.32 Å². The molecule has 1 fully saturated rings. The molecular weight excluding hydrogens is 236 g/mol. The third-order valence-electron chi connectivity index (χ3n) is 4.41. The second-order valence-electron chi connectivity index (χ2n) is 5.94. The first-order chi connectivity index (χ1) is 9.20. The van der Waals surface area contributed by atoms with Crippen molar-refractivity contribution in [3.63, 3.8) is 0 Å². The smallest absolute Gasteiger partial charge is 0.122 e. The Morgan fingerprint density at radius 1 is 1.37 bits per heavy atom. The van der Waals surface area contributed by atoms with Gasteiger partial charge in [0.25, 0.3) is 0 Å². The van der Waals surface area contributed by atoms with Crippen LogP contribution in [0.15, 0.2) is 12.4 Å². The summed E-state index contributed by atoms with van der Waals surface area (Å²) in [6.07, 6.45) is 10.8. The van der Waals surface area contributed by atoms with Gasteiger partial charge in [-0.15, -0.1) is 0 Å². The standard InChI is InChI=1S/C15H28N4/c1-16-14-8-6-4-5-7-13(14)11-18(2)12-15-17-9-10-19(15)3/h9-10,13-14,16H,4-8,11-12H2,1-3H3. The number of nitrogens with zero attached hydrogens (tertiary/aromatic N) is 3. The molecule has 0 spiro atoms. The van der Waals surface area contributed by atoms with Gasteiger partial charge in [0.2, 0.25) is 0 Å². The van der Waals surface area contributed by atoms with E-state index < -0.39 is 0 Å². The van der Waals surface area contributed by atoms with Crippen molar-refractivity contribution in [3.05, 3.63) is 18.2 Å². The predicted molar refractivity (Wildman–Crippen MR) is 79.0 cm³/mol. The number of imidazole rings is 1. The van der Waals surface area contributed by atoms with Gasteiger partial charge >= 0.3 is 0 Å². The fourth-order valence-electron chi connectivity index (χ4n) is 3.24. The molecule has 1 aromatic rings. The van der Waals surface area contributed by atoms with Gasteiger partial charge in [-0.2, -0.15) is 0 Å². The molecule has 1 aliphatic rings. The molecule has 0 radical (unpaired) electrons. The Labute approximate surface area is 117 Å². The van der Waals surface area contributed by atoms with Crippen LogP contribution in [0.5, 0.6) is 0 Å². The van der Waals surface area contributed by atoms with E-state index in [0.717, 1.165) is 18.3 Å². The van der Waals surface area contributed by atoms with Crippen LogP contribution in [0.3, 0.4) is 0 Å². The summed E-state index contributed by atoms with van der Waals surface area (Å²) >= 11 is 0. The highest BCUT2D eigenvalue weighted by Crippen LogP contribution is 2.24. The summed E-state index contributed by atoms with van der Waals surface area (Å²) < 4.78 is 2.11. The zero-order valence-corrected chi connectivity index (χ0v) is 12.6. The van der Waals surface area contributed by atoms with E-state index in [1.807, 2.05) is 12.4 Å². The van der Waals surface area contributed by atoms with Crippen LogP contribution in [0.25, 0.3) is 0 Å². The van der Waals surface area contributed by atoms with Gasteiger partial charge in [-0.1, -0.05) is 19.3 Å². The first kappa shape index (κ1) is 14.5. The van der Waals surface area contributed by atoms with Crippen molar-refractivity contribution < 1.29 is 0 Å². The highest BCUT2D eigenvalue weighted by atomic mass is 15.2. The third-order valence-corrected chi connectivity index (χ3v) is 4.41. The Morgan fingerprint density at radius 2 is 2.16 bits per heavy atom. The summed E-state index contributed by atoms with van der Waals surface area (Å²) in [5.74, 6) is 1.93. The summed E-state index contributed by atoms with van der Waals surface area (Å²) in [6, 6.07) is 0.686. The highest BCUT2D eigenvalue weighted by molar-refractivity contribution is 4.91. The number of rotatable bonds is 5. The molecule has 2 atom stereocenters. The topological polar surface area (TPSA) is 33.1 Å². The SMILES string of the molecule is CNC1CCCCCC1CN(C)Cc1nccn1C. The number of hydrogen-bond donors (Lipinski definition) is 1. The molecular formula is C15H28N4. The molecule has 1 aromatic heterocycles. The molecule has 19 heavy (non-hydrogen) atoms. The van der Waals surface area contributed by atoms with E-state index in [0.29, 0.717) is 6.04 Å². The summed E-state index contributed by atoms with van der Waals surface area (Å²) in [7, 11) is 6.40. The van der Waals surface area contributed by atoms with Gasteiger partial charge in [0.1, 0.15) is 5.82 Å². The highest BCUT2D eigenvalue weighted by Gasteiger charge is 2.23. The molecule has 1 saturated carbocycles. The lowest BCUT2D eigenvalue weighted by molar-refractivity contribution is 0.218. The van der Waals surface area contributed by atoms with Crippen LogP contribution in [-0.2, 0) is 13.6 Å². The lowest BCUT2D eigenvalue weighted by Gasteiger charge is -2.29. The van der Waals surface area contributed by atoms with E-state index in [4.69, 9.17) is 0 Å². The number of aromatic nitrogens is 2. The molecule has 4 heteroatoms. The van der Waals surface area contributed by atoms with Crippen LogP contribution in [0.4, 0.5) is 0 Å². The van der Waals surface area contributed by atoms with Crippen molar-refractivity contribution in [1.82, 2.24) is 19.8 Å². The largest absolute Gasteiger partial charge is 0.337 e. The molecule has 2 rings (SSSR count). The average Bonchev–Trinajstić information content (AvgIpc) is 2.65. The van der Waals surface area contributed by atoms with Gasteiger partial charge in [0.15, 0.2) is 0 Å². The summed E-state index contributed by atoms with van der Waals surface area (Å²) in [5, 5.41) is 3.52. The van der Waals surface area contributed by atoms with E-state index in [1.54, 1.807) is 0 Å². The van der Waals surface area contributed by atoms with Crippen LogP contribution in [0, 0.1) is 5.92 Å². The lowest BCUT2D eigenvalue weighted by atomic mass is 9.94. The number of hydrogen-bond acceptors (Lipinski definition) is 3. The molecule has 0 aromatic carbocycles. The molecule has 2 unspecified atom stereocenters. The van der Waals surface area contributed by atoms with Crippen molar-refractivity contribution in [2.45, 2.75) is 44.7 Å². The van der Waals surface area contributed by atoms with Crippen LogP contribution >= 0.6 is 0 Å². The second kappa shape index (κ2) is 7.06. The maximum atomic E-state index is 4.41. The quantitative estimate of drug-likeness (QED) is 0.826. The average molecular weight is 264 g/mol.